The summed E-state index contributed by atoms with van der Waals surface area (Å²) in [6, 6.07) is 21.3. The van der Waals surface area contributed by atoms with Crippen LogP contribution in [0.2, 0.25) is 0 Å². The van der Waals surface area contributed by atoms with Crippen LogP contribution in [-0.4, -0.2) is 17.8 Å². The second-order valence-corrected chi connectivity index (χ2v) is 7.55. The highest BCUT2D eigenvalue weighted by molar-refractivity contribution is 9.10. The molecule has 5 nitrogen and oxygen atoms in total. The average molecular weight is 462 g/mol. The van der Waals surface area contributed by atoms with Gasteiger partial charge < -0.3 is 9.47 Å². The Bertz CT molecular complexity index is 1180. The summed E-state index contributed by atoms with van der Waals surface area (Å²) in [4.78, 5) is 29.1. The monoisotopic (exact) mass is 461 g/mol. The van der Waals surface area contributed by atoms with Crippen molar-refractivity contribution in [1.82, 2.24) is 0 Å². The van der Waals surface area contributed by atoms with Gasteiger partial charge in [-0.25, -0.2) is 14.6 Å². The van der Waals surface area contributed by atoms with Gasteiger partial charge in [0.25, 0.3) is 0 Å². The molecular formula is C24H16BrNO4. The van der Waals surface area contributed by atoms with E-state index < -0.39 is 11.9 Å². The number of esters is 2. The van der Waals surface area contributed by atoms with Crippen molar-refractivity contribution in [3.05, 3.63) is 105 Å². The number of ether oxygens (including phenoxy) is 2. The molecule has 6 heteroatoms. The Kier molecular flexibility index (Phi) is 5.59. The van der Waals surface area contributed by atoms with Crippen LogP contribution in [0.1, 0.15) is 27.0 Å². The number of carbonyl (C=O) groups excluding carboxylic acids is 2. The van der Waals surface area contributed by atoms with E-state index in [0.717, 1.165) is 10.0 Å². The predicted molar refractivity (Wildman–Crippen MR) is 117 cm³/mol. The zero-order chi connectivity index (χ0) is 21.1. The molecule has 1 aliphatic rings. The highest BCUT2D eigenvalue weighted by atomic mass is 79.9. The van der Waals surface area contributed by atoms with Gasteiger partial charge in [0, 0.05) is 15.6 Å². The Morgan fingerprint density at radius 2 is 1.70 bits per heavy atom. The summed E-state index contributed by atoms with van der Waals surface area (Å²) in [5.41, 5.74) is 2.91. The molecule has 0 saturated carbocycles. The van der Waals surface area contributed by atoms with Crippen LogP contribution in [0.25, 0.3) is 6.08 Å². The Balaban J connectivity index is 1.61. The molecule has 148 valence electrons. The Morgan fingerprint density at radius 3 is 2.43 bits per heavy atom. The van der Waals surface area contributed by atoms with Crippen LogP contribution in [0.3, 0.4) is 0 Å². The lowest BCUT2D eigenvalue weighted by molar-refractivity contribution is -0.129. The molecule has 0 aliphatic carbocycles. The topological polar surface area (TPSA) is 65.0 Å². The molecule has 0 spiro atoms. The first-order chi connectivity index (χ1) is 14.5. The minimum Gasteiger partial charge on any atom is -0.422 e. The predicted octanol–water partition coefficient (Wildman–Crippen LogP) is 5.32. The minimum atomic E-state index is -0.556. The summed E-state index contributed by atoms with van der Waals surface area (Å²) >= 11 is 3.34. The number of benzene rings is 3. The molecule has 3 aromatic rings. The van der Waals surface area contributed by atoms with Crippen LogP contribution in [0.15, 0.2) is 88.0 Å². The molecular weight excluding hydrogens is 446 g/mol. The van der Waals surface area contributed by atoms with Gasteiger partial charge in [0.2, 0.25) is 5.90 Å². The Hall–Kier alpha value is -3.51. The van der Waals surface area contributed by atoms with Crippen LogP contribution >= 0.6 is 15.9 Å². The first-order valence-corrected chi connectivity index (χ1v) is 9.95. The SMILES string of the molecule is Cc1ccc(C2=N/C(=C/c3ccccc3OC(=O)c3ccc(Br)cc3)C(=O)O2)cc1. The molecule has 30 heavy (non-hydrogen) atoms. The van der Waals surface area contributed by atoms with Crippen molar-refractivity contribution < 1.29 is 19.1 Å². The van der Waals surface area contributed by atoms with Gasteiger partial charge in [0.15, 0.2) is 5.70 Å². The Morgan fingerprint density at radius 1 is 1.00 bits per heavy atom. The third-order valence-corrected chi connectivity index (χ3v) is 4.94. The quantitative estimate of drug-likeness (QED) is 0.299. The first kappa shape index (κ1) is 19.8. The van der Waals surface area contributed by atoms with Crippen molar-refractivity contribution in [2.24, 2.45) is 4.99 Å². The molecule has 1 heterocycles. The van der Waals surface area contributed by atoms with Crippen LogP contribution in [0.5, 0.6) is 5.75 Å². The number of aryl methyl sites for hydroxylation is 1. The summed E-state index contributed by atoms with van der Waals surface area (Å²) in [6.07, 6.45) is 1.55. The fourth-order valence-corrected chi connectivity index (χ4v) is 3.08. The van der Waals surface area contributed by atoms with Gasteiger partial charge >= 0.3 is 11.9 Å². The first-order valence-electron chi connectivity index (χ1n) is 9.16. The summed E-state index contributed by atoms with van der Waals surface area (Å²) < 4.78 is 11.7. The standard InChI is InChI=1S/C24H16BrNO4/c1-15-6-8-16(9-7-15)22-26-20(24(28)30-22)14-18-4-2-3-5-21(18)29-23(27)17-10-12-19(25)13-11-17/h2-14H,1H3/b20-14+. The number of hydrogen-bond acceptors (Lipinski definition) is 5. The second-order valence-electron chi connectivity index (χ2n) is 6.64. The van der Waals surface area contributed by atoms with Gasteiger partial charge in [-0.05, 0) is 55.5 Å². The maximum Gasteiger partial charge on any atom is 0.363 e. The molecule has 0 atom stereocenters. The normalized spacial score (nSPS) is 14.4. The molecule has 4 rings (SSSR count). The fourth-order valence-electron chi connectivity index (χ4n) is 2.81. The number of halogens is 1. The lowest BCUT2D eigenvalue weighted by Crippen LogP contribution is -2.09. The van der Waals surface area contributed by atoms with Crippen molar-refractivity contribution in [3.8, 4) is 5.75 Å². The van der Waals surface area contributed by atoms with E-state index in [1.54, 1.807) is 54.6 Å². The van der Waals surface area contributed by atoms with Crippen LogP contribution in [0.4, 0.5) is 0 Å². The van der Waals surface area contributed by atoms with E-state index in [-0.39, 0.29) is 11.6 Å². The van der Waals surface area contributed by atoms with E-state index in [1.807, 2.05) is 31.2 Å². The number of hydrogen-bond donors (Lipinski definition) is 0. The number of rotatable bonds is 4. The molecule has 3 aromatic carbocycles. The summed E-state index contributed by atoms with van der Waals surface area (Å²) in [5.74, 6) is -0.480. The van der Waals surface area contributed by atoms with E-state index >= 15 is 0 Å². The van der Waals surface area contributed by atoms with Gasteiger partial charge in [-0.15, -0.1) is 0 Å². The van der Waals surface area contributed by atoms with E-state index in [1.165, 1.54) is 0 Å². The van der Waals surface area contributed by atoms with Crippen molar-refractivity contribution in [1.29, 1.82) is 0 Å². The highest BCUT2D eigenvalue weighted by Crippen LogP contribution is 2.26. The van der Waals surface area contributed by atoms with E-state index in [4.69, 9.17) is 9.47 Å². The average Bonchev–Trinajstić information content (AvgIpc) is 3.10. The summed E-state index contributed by atoms with van der Waals surface area (Å²) in [7, 11) is 0. The van der Waals surface area contributed by atoms with Crippen LogP contribution in [-0.2, 0) is 9.53 Å². The fraction of sp³-hybridized carbons (Fsp3) is 0.0417. The van der Waals surface area contributed by atoms with Crippen molar-refractivity contribution in [2.45, 2.75) is 6.92 Å². The lowest BCUT2D eigenvalue weighted by Gasteiger charge is -2.07. The number of nitrogens with zero attached hydrogens (tertiary/aromatic N) is 1. The number of aliphatic imine (C=N–C) groups is 1. The zero-order valence-corrected chi connectivity index (χ0v) is 17.5. The lowest BCUT2D eigenvalue weighted by atomic mass is 10.1. The molecule has 0 amide bonds. The zero-order valence-electron chi connectivity index (χ0n) is 16.0. The summed E-state index contributed by atoms with van der Waals surface area (Å²) in [6.45, 7) is 1.98. The van der Waals surface area contributed by atoms with Crippen LogP contribution < -0.4 is 4.74 Å². The van der Waals surface area contributed by atoms with Gasteiger partial charge in [-0.2, -0.15) is 0 Å². The van der Waals surface area contributed by atoms with Crippen LogP contribution in [0, 0.1) is 6.92 Å². The molecule has 0 fully saturated rings. The molecule has 0 aromatic heterocycles. The smallest absolute Gasteiger partial charge is 0.363 e. The van der Waals surface area contributed by atoms with Gasteiger partial charge in [0.05, 0.1) is 5.56 Å². The van der Waals surface area contributed by atoms with E-state index in [9.17, 15) is 9.59 Å². The number of carbonyl (C=O) groups is 2. The molecule has 0 N–H and O–H groups in total. The van der Waals surface area contributed by atoms with Crippen molar-refractivity contribution in [2.75, 3.05) is 0 Å². The third kappa shape index (κ3) is 4.39. The maximum atomic E-state index is 12.5. The van der Waals surface area contributed by atoms with E-state index in [2.05, 4.69) is 20.9 Å². The molecule has 0 radical (unpaired) electrons. The van der Waals surface area contributed by atoms with Gasteiger partial charge in [-0.1, -0.05) is 51.8 Å². The maximum absolute atomic E-state index is 12.5. The number of para-hydroxylation sites is 1. The molecule has 1 aliphatic heterocycles. The van der Waals surface area contributed by atoms with Gasteiger partial charge in [-0.3, -0.25) is 0 Å². The molecule has 0 saturated heterocycles. The second kappa shape index (κ2) is 8.47. The number of cyclic esters (lactones) is 1. The van der Waals surface area contributed by atoms with Gasteiger partial charge in [0.1, 0.15) is 5.75 Å². The molecule has 0 bridgehead atoms. The van der Waals surface area contributed by atoms with E-state index in [0.29, 0.717) is 22.4 Å². The largest absolute Gasteiger partial charge is 0.422 e. The Labute approximate surface area is 181 Å². The van der Waals surface area contributed by atoms with Crippen molar-refractivity contribution in [3.63, 3.8) is 0 Å². The highest BCUT2D eigenvalue weighted by Gasteiger charge is 2.24. The van der Waals surface area contributed by atoms with Crippen molar-refractivity contribution >= 4 is 39.8 Å². The molecule has 0 unspecified atom stereocenters. The summed E-state index contributed by atoms with van der Waals surface area (Å²) in [5, 5.41) is 0. The third-order valence-electron chi connectivity index (χ3n) is 4.41. The minimum absolute atomic E-state index is 0.137.